The van der Waals surface area contributed by atoms with Crippen LogP contribution >= 0.6 is 0 Å². The van der Waals surface area contributed by atoms with Gasteiger partial charge in [-0.15, -0.1) is 0 Å². The van der Waals surface area contributed by atoms with Gasteiger partial charge >= 0.3 is 0 Å². The van der Waals surface area contributed by atoms with Crippen LogP contribution in [0.25, 0.3) is 0 Å². The molecule has 2 aliphatic rings. The topological polar surface area (TPSA) is 15.3 Å². The molecule has 1 aliphatic carbocycles. The van der Waals surface area contributed by atoms with Gasteiger partial charge in [-0.3, -0.25) is 4.90 Å². The predicted molar refractivity (Wildman–Crippen MR) is 83.5 cm³/mol. The summed E-state index contributed by atoms with van der Waals surface area (Å²) in [5.74, 6) is 0. The van der Waals surface area contributed by atoms with E-state index in [0.717, 1.165) is 0 Å². The second-order valence-corrected chi connectivity index (χ2v) is 7.88. The highest BCUT2D eigenvalue weighted by Crippen LogP contribution is 2.39. The van der Waals surface area contributed by atoms with Crippen LogP contribution in [0.3, 0.4) is 0 Å². The van der Waals surface area contributed by atoms with E-state index in [1.54, 1.807) is 0 Å². The molecule has 0 aromatic heterocycles. The number of hydrogen-bond donors (Lipinski definition) is 1. The minimum absolute atomic E-state index is 0.378. The Hall–Kier alpha value is -0.0800. The number of rotatable bonds is 4. The van der Waals surface area contributed by atoms with Crippen molar-refractivity contribution < 1.29 is 0 Å². The number of unbranched alkanes of at least 4 members (excludes halogenated alkanes) is 2. The fourth-order valence-electron chi connectivity index (χ4n) is 3.89. The van der Waals surface area contributed by atoms with Gasteiger partial charge in [0.05, 0.1) is 0 Å². The van der Waals surface area contributed by atoms with Crippen molar-refractivity contribution in [2.75, 3.05) is 19.6 Å². The third kappa shape index (κ3) is 3.52. The highest BCUT2D eigenvalue weighted by Gasteiger charge is 2.45. The lowest BCUT2D eigenvalue weighted by Gasteiger charge is -2.51. The van der Waals surface area contributed by atoms with Crippen LogP contribution in [0.4, 0.5) is 0 Å². The Balaban J connectivity index is 2.01. The van der Waals surface area contributed by atoms with E-state index in [4.69, 9.17) is 0 Å². The van der Waals surface area contributed by atoms with Gasteiger partial charge in [-0.25, -0.2) is 0 Å². The average molecular weight is 266 g/mol. The van der Waals surface area contributed by atoms with E-state index < -0.39 is 0 Å². The first-order chi connectivity index (χ1) is 8.98. The van der Waals surface area contributed by atoms with Crippen molar-refractivity contribution in [2.24, 2.45) is 5.41 Å². The summed E-state index contributed by atoms with van der Waals surface area (Å²) in [6.07, 6.45) is 9.82. The summed E-state index contributed by atoms with van der Waals surface area (Å²) in [7, 11) is 0. The van der Waals surface area contributed by atoms with Gasteiger partial charge in [-0.2, -0.15) is 0 Å². The maximum absolute atomic E-state index is 3.87. The van der Waals surface area contributed by atoms with E-state index in [1.807, 2.05) is 0 Å². The van der Waals surface area contributed by atoms with Crippen LogP contribution in [-0.4, -0.2) is 36.1 Å². The molecule has 19 heavy (non-hydrogen) atoms. The molecule has 2 rings (SSSR count). The first-order valence-corrected chi connectivity index (χ1v) is 8.46. The maximum Gasteiger partial charge on any atom is 0.0334 e. The molecule has 112 valence electrons. The smallest absolute Gasteiger partial charge is 0.0334 e. The van der Waals surface area contributed by atoms with Crippen LogP contribution in [0, 0.1) is 5.41 Å². The van der Waals surface area contributed by atoms with Gasteiger partial charge in [-0.05, 0) is 31.2 Å². The van der Waals surface area contributed by atoms with E-state index >= 15 is 0 Å². The number of hydrogen-bond acceptors (Lipinski definition) is 2. The van der Waals surface area contributed by atoms with Crippen molar-refractivity contribution >= 4 is 0 Å². The van der Waals surface area contributed by atoms with Gasteiger partial charge in [0, 0.05) is 24.7 Å². The first-order valence-electron chi connectivity index (χ1n) is 8.46. The molecule has 0 aromatic carbocycles. The van der Waals surface area contributed by atoms with E-state index in [0.29, 0.717) is 17.0 Å². The van der Waals surface area contributed by atoms with Gasteiger partial charge in [0.1, 0.15) is 0 Å². The second-order valence-electron chi connectivity index (χ2n) is 7.88. The number of nitrogens with zero attached hydrogens (tertiary/aromatic N) is 1. The third-order valence-corrected chi connectivity index (χ3v) is 5.36. The molecule has 0 bridgehead atoms. The zero-order valence-corrected chi connectivity index (χ0v) is 13.6. The van der Waals surface area contributed by atoms with Crippen molar-refractivity contribution in [3.8, 4) is 0 Å². The summed E-state index contributed by atoms with van der Waals surface area (Å²) in [6, 6.07) is 0.653. The highest BCUT2D eigenvalue weighted by atomic mass is 15.3. The van der Waals surface area contributed by atoms with Crippen molar-refractivity contribution in [1.29, 1.82) is 0 Å². The Labute approximate surface area is 120 Å². The number of nitrogens with one attached hydrogen (secondary N) is 1. The molecule has 1 saturated carbocycles. The van der Waals surface area contributed by atoms with Crippen LogP contribution in [0.15, 0.2) is 0 Å². The average Bonchev–Trinajstić information content (AvgIpc) is 2.80. The molecule has 1 unspecified atom stereocenters. The van der Waals surface area contributed by atoms with Gasteiger partial charge in [-0.1, -0.05) is 53.4 Å². The van der Waals surface area contributed by atoms with Crippen molar-refractivity contribution in [3.05, 3.63) is 0 Å². The Kier molecular flexibility index (Phi) is 4.94. The van der Waals surface area contributed by atoms with Gasteiger partial charge in [0.2, 0.25) is 0 Å². The van der Waals surface area contributed by atoms with E-state index in [1.165, 1.54) is 64.6 Å². The Bertz CT molecular complexity index is 273. The summed E-state index contributed by atoms with van der Waals surface area (Å²) >= 11 is 0. The molecule has 1 heterocycles. The third-order valence-electron chi connectivity index (χ3n) is 5.36. The lowest BCUT2D eigenvalue weighted by atomic mass is 9.81. The van der Waals surface area contributed by atoms with Crippen molar-refractivity contribution in [1.82, 2.24) is 10.2 Å². The summed E-state index contributed by atoms with van der Waals surface area (Å²) < 4.78 is 0. The lowest BCUT2D eigenvalue weighted by Crippen LogP contribution is -2.66. The summed E-state index contributed by atoms with van der Waals surface area (Å²) in [4.78, 5) is 2.86. The zero-order valence-electron chi connectivity index (χ0n) is 13.6. The minimum Gasteiger partial charge on any atom is -0.310 e. The normalized spacial score (nSPS) is 28.1. The molecule has 1 aliphatic heterocycles. The molecule has 0 amide bonds. The zero-order chi connectivity index (χ0) is 13.9. The molecule has 2 nitrogen and oxygen atoms in total. The molecule has 1 atom stereocenters. The molecule has 1 N–H and O–H groups in total. The van der Waals surface area contributed by atoms with Crippen LogP contribution in [0.2, 0.25) is 0 Å². The maximum atomic E-state index is 3.87. The van der Waals surface area contributed by atoms with Gasteiger partial charge in [0.25, 0.3) is 0 Å². The van der Waals surface area contributed by atoms with Crippen LogP contribution in [0.5, 0.6) is 0 Å². The van der Waals surface area contributed by atoms with Crippen molar-refractivity contribution in [3.63, 3.8) is 0 Å². The number of piperazine rings is 1. The van der Waals surface area contributed by atoms with Crippen LogP contribution in [-0.2, 0) is 0 Å². The van der Waals surface area contributed by atoms with E-state index in [2.05, 4.69) is 37.9 Å². The molecular formula is C17H34N2. The summed E-state index contributed by atoms with van der Waals surface area (Å²) in [6.45, 7) is 13.2. The van der Waals surface area contributed by atoms with E-state index in [-0.39, 0.29) is 0 Å². The van der Waals surface area contributed by atoms with Crippen LogP contribution < -0.4 is 5.32 Å². The molecular weight excluding hydrogens is 232 g/mol. The highest BCUT2D eigenvalue weighted by molar-refractivity contribution is 5.03. The summed E-state index contributed by atoms with van der Waals surface area (Å²) in [5.41, 5.74) is 0.888. The minimum atomic E-state index is 0.378. The van der Waals surface area contributed by atoms with E-state index in [9.17, 15) is 0 Å². The SMILES string of the molecule is CCCCCN1CC(C(C)(C)C)NCC12CCCC2. The first kappa shape index (κ1) is 15.3. The van der Waals surface area contributed by atoms with Gasteiger partial charge < -0.3 is 5.32 Å². The molecule has 2 fully saturated rings. The van der Waals surface area contributed by atoms with Crippen LogP contribution in [0.1, 0.15) is 72.6 Å². The molecule has 0 aromatic rings. The second kappa shape index (κ2) is 6.13. The fraction of sp³-hybridized carbons (Fsp3) is 1.00. The molecule has 1 spiro atoms. The fourth-order valence-corrected chi connectivity index (χ4v) is 3.89. The Morgan fingerprint density at radius 1 is 1.16 bits per heavy atom. The molecule has 1 saturated heterocycles. The summed E-state index contributed by atoms with van der Waals surface area (Å²) in [5, 5.41) is 3.87. The standard InChI is InChI=1S/C17H34N2/c1-5-6-9-12-19-13-15(16(2,3)4)18-14-17(19)10-7-8-11-17/h15,18H,5-14H2,1-4H3. The Morgan fingerprint density at radius 3 is 2.42 bits per heavy atom. The van der Waals surface area contributed by atoms with Gasteiger partial charge in [0.15, 0.2) is 0 Å². The molecule has 0 radical (unpaired) electrons. The Morgan fingerprint density at radius 2 is 1.84 bits per heavy atom. The predicted octanol–water partition coefficient (Wildman–Crippen LogP) is 3.81. The molecule has 2 heteroatoms. The lowest BCUT2D eigenvalue weighted by molar-refractivity contribution is 0.0160. The largest absolute Gasteiger partial charge is 0.310 e. The quantitative estimate of drug-likeness (QED) is 0.778. The monoisotopic (exact) mass is 266 g/mol. The van der Waals surface area contributed by atoms with Crippen molar-refractivity contribution in [2.45, 2.75) is 84.2 Å².